The Morgan fingerprint density at radius 2 is 1.97 bits per heavy atom. The van der Waals surface area contributed by atoms with E-state index in [1.165, 1.54) is 0 Å². The average molecular weight is 466 g/mol. The summed E-state index contributed by atoms with van der Waals surface area (Å²) in [6.45, 7) is 4.07. The first-order valence-electron chi connectivity index (χ1n) is 10.3. The van der Waals surface area contributed by atoms with E-state index in [9.17, 15) is 13.2 Å². The molecule has 31 heavy (non-hydrogen) atoms. The molecule has 1 aliphatic heterocycles. The lowest BCUT2D eigenvalue weighted by Crippen LogP contribution is -2.58. The molecule has 0 spiro atoms. The number of piperidine rings is 1. The van der Waals surface area contributed by atoms with E-state index in [1.54, 1.807) is 18.7 Å². The molecule has 0 unspecified atom stereocenters. The Morgan fingerprint density at radius 1 is 1.23 bits per heavy atom. The number of carbonyl (C=O) groups is 1. The SMILES string of the molecule is CC(C)OC(=O)N1CCC[C@H](NS(=O)(=O)CCl)[C@@H]1Cc1cccc(-c2ccccc2)n1. The number of pyridine rings is 1. The van der Waals surface area contributed by atoms with Gasteiger partial charge in [0, 0.05) is 30.3 Å². The number of aromatic nitrogens is 1. The maximum atomic E-state index is 12.8. The fourth-order valence-corrected chi connectivity index (χ4v) is 4.77. The van der Waals surface area contributed by atoms with Gasteiger partial charge in [-0.1, -0.05) is 36.4 Å². The van der Waals surface area contributed by atoms with Crippen molar-refractivity contribution in [2.75, 3.05) is 11.8 Å². The minimum Gasteiger partial charge on any atom is -0.447 e. The van der Waals surface area contributed by atoms with Crippen LogP contribution in [0.25, 0.3) is 11.3 Å². The van der Waals surface area contributed by atoms with Gasteiger partial charge in [0.25, 0.3) is 0 Å². The zero-order chi connectivity index (χ0) is 22.4. The van der Waals surface area contributed by atoms with Crippen LogP contribution in [-0.2, 0) is 21.2 Å². The summed E-state index contributed by atoms with van der Waals surface area (Å²) in [5, 5.41) is -0.533. The molecule has 3 rings (SSSR count). The van der Waals surface area contributed by atoms with E-state index in [2.05, 4.69) is 4.72 Å². The monoisotopic (exact) mass is 465 g/mol. The number of rotatable bonds is 7. The van der Waals surface area contributed by atoms with E-state index < -0.39 is 33.4 Å². The molecule has 9 heteroatoms. The van der Waals surface area contributed by atoms with E-state index in [0.29, 0.717) is 25.8 Å². The highest BCUT2D eigenvalue weighted by molar-refractivity contribution is 7.90. The summed E-state index contributed by atoms with van der Waals surface area (Å²) in [5.41, 5.74) is 2.58. The molecule has 7 nitrogen and oxygen atoms in total. The topological polar surface area (TPSA) is 88.6 Å². The highest BCUT2D eigenvalue weighted by Crippen LogP contribution is 2.24. The number of benzene rings is 1. The smallest absolute Gasteiger partial charge is 0.410 e. The number of amides is 1. The number of likely N-dealkylation sites (tertiary alicyclic amines) is 1. The van der Waals surface area contributed by atoms with Crippen LogP contribution >= 0.6 is 11.6 Å². The van der Waals surface area contributed by atoms with Crippen LogP contribution in [0.1, 0.15) is 32.4 Å². The molecule has 2 heterocycles. The standard InChI is InChI=1S/C22H28ClN3O4S/c1-16(2)30-22(27)26-13-7-12-20(25-31(28,29)15-23)21(26)14-18-10-6-11-19(24-18)17-8-4-3-5-9-17/h3-6,8-11,16,20-21,25H,7,12-15H2,1-2H3/t20-,21-/m0/s1. The van der Waals surface area contributed by atoms with Crippen LogP contribution in [0.3, 0.4) is 0 Å². The number of alkyl halides is 1. The van der Waals surface area contributed by atoms with E-state index in [0.717, 1.165) is 17.0 Å². The van der Waals surface area contributed by atoms with Gasteiger partial charge >= 0.3 is 6.09 Å². The summed E-state index contributed by atoms with van der Waals surface area (Å²) >= 11 is 5.61. The van der Waals surface area contributed by atoms with Crippen molar-refractivity contribution in [2.24, 2.45) is 0 Å². The van der Waals surface area contributed by atoms with Crippen LogP contribution in [0.4, 0.5) is 4.79 Å². The molecule has 0 saturated carbocycles. The van der Waals surface area contributed by atoms with Crippen LogP contribution in [0.15, 0.2) is 48.5 Å². The average Bonchev–Trinajstić information content (AvgIpc) is 2.75. The predicted molar refractivity (Wildman–Crippen MR) is 121 cm³/mol. The Kier molecular flexibility index (Phi) is 7.91. The van der Waals surface area contributed by atoms with Crippen molar-refractivity contribution in [3.05, 3.63) is 54.2 Å². The number of carbonyl (C=O) groups excluding carboxylic acids is 1. The summed E-state index contributed by atoms with van der Waals surface area (Å²) in [6.07, 6.45) is 0.937. The number of hydrogen-bond donors (Lipinski definition) is 1. The zero-order valence-electron chi connectivity index (χ0n) is 17.7. The van der Waals surface area contributed by atoms with E-state index in [-0.39, 0.29) is 6.10 Å². The molecule has 0 aliphatic carbocycles. The number of sulfonamides is 1. The summed E-state index contributed by atoms with van der Waals surface area (Å²) in [7, 11) is -3.65. The van der Waals surface area contributed by atoms with Crippen LogP contribution in [0.2, 0.25) is 0 Å². The molecular formula is C22H28ClN3O4S. The van der Waals surface area contributed by atoms with Crippen molar-refractivity contribution >= 4 is 27.7 Å². The number of nitrogens with zero attached hydrogens (tertiary/aromatic N) is 2. The van der Waals surface area contributed by atoms with Gasteiger partial charge in [0.2, 0.25) is 10.0 Å². The van der Waals surface area contributed by atoms with E-state index >= 15 is 0 Å². The highest BCUT2D eigenvalue weighted by Gasteiger charge is 2.37. The molecule has 0 bridgehead atoms. The second kappa shape index (κ2) is 10.4. The fraction of sp³-hybridized carbons (Fsp3) is 0.455. The predicted octanol–water partition coefficient (Wildman–Crippen LogP) is 3.78. The van der Waals surface area contributed by atoms with Gasteiger partial charge < -0.3 is 9.64 Å². The van der Waals surface area contributed by atoms with Gasteiger partial charge in [0.15, 0.2) is 0 Å². The number of halogens is 1. The summed E-state index contributed by atoms with van der Waals surface area (Å²) in [5.74, 6) is 0. The third-order valence-electron chi connectivity index (χ3n) is 5.12. The van der Waals surface area contributed by atoms with E-state index in [1.807, 2.05) is 48.5 Å². The number of ether oxygens (including phenoxy) is 1. The van der Waals surface area contributed by atoms with Crippen molar-refractivity contribution in [3.8, 4) is 11.3 Å². The van der Waals surface area contributed by atoms with Crippen LogP contribution < -0.4 is 4.72 Å². The van der Waals surface area contributed by atoms with Gasteiger partial charge in [-0.05, 0) is 38.8 Å². The summed E-state index contributed by atoms with van der Waals surface area (Å²) < 4.78 is 32.4. The van der Waals surface area contributed by atoms with Crippen molar-refractivity contribution in [3.63, 3.8) is 0 Å². The quantitative estimate of drug-likeness (QED) is 0.628. The van der Waals surface area contributed by atoms with E-state index in [4.69, 9.17) is 21.3 Å². The van der Waals surface area contributed by atoms with Crippen LogP contribution in [0, 0.1) is 0 Å². The Labute approximate surface area is 188 Å². The van der Waals surface area contributed by atoms with Gasteiger partial charge in [-0.15, -0.1) is 11.6 Å². The minimum atomic E-state index is -3.65. The molecule has 1 fully saturated rings. The normalized spacial score (nSPS) is 19.4. The maximum absolute atomic E-state index is 12.8. The first-order valence-corrected chi connectivity index (χ1v) is 12.5. The molecule has 1 N–H and O–H groups in total. The summed E-state index contributed by atoms with van der Waals surface area (Å²) in [4.78, 5) is 19.1. The second-order valence-electron chi connectivity index (χ2n) is 7.87. The molecule has 0 radical (unpaired) electrons. The highest BCUT2D eigenvalue weighted by atomic mass is 35.5. The third kappa shape index (κ3) is 6.41. The first kappa shape index (κ1) is 23.5. The lowest BCUT2D eigenvalue weighted by molar-refractivity contribution is 0.0459. The van der Waals surface area contributed by atoms with Gasteiger partial charge in [-0.3, -0.25) is 4.98 Å². The molecule has 1 aromatic heterocycles. The number of nitrogens with one attached hydrogen (secondary N) is 1. The Balaban J connectivity index is 1.90. The van der Waals surface area contributed by atoms with Gasteiger partial charge in [0.05, 0.1) is 17.8 Å². The second-order valence-corrected chi connectivity index (χ2v) is 10.2. The molecule has 2 aromatic rings. The van der Waals surface area contributed by atoms with Crippen molar-refractivity contribution < 1.29 is 17.9 Å². The summed E-state index contributed by atoms with van der Waals surface area (Å²) in [6, 6.07) is 14.6. The van der Waals surface area contributed by atoms with Crippen molar-refractivity contribution in [2.45, 2.75) is 51.3 Å². The maximum Gasteiger partial charge on any atom is 0.410 e. The van der Waals surface area contributed by atoms with Crippen LogP contribution in [0.5, 0.6) is 0 Å². The number of hydrogen-bond acceptors (Lipinski definition) is 5. The third-order valence-corrected chi connectivity index (χ3v) is 6.93. The molecular weight excluding hydrogens is 438 g/mol. The Bertz CT molecular complexity index is 985. The lowest BCUT2D eigenvalue weighted by atomic mass is 9.93. The fourth-order valence-electron chi connectivity index (χ4n) is 3.78. The largest absolute Gasteiger partial charge is 0.447 e. The Hall–Kier alpha value is -2.16. The zero-order valence-corrected chi connectivity index (χ0v) is 19.3. The molecule has 1 aliphatic rings. The van der Waals surface area contributed by atoms with Gasteiger partial charge in [0.1, 0.15) is 5.21 Å². The molecule has 168 valence electrons. The van der Waals surface area contributed by atoms with Crippen molar-refractivity contribution in [1.29, 1.82) is 0 Å². The molecule has 2 atom stereocenters. The molecule has 1 amide bonds. The Morgan fingerprint density at radius 3 is 2.65 bits per heavy atom. The van der Waals surface area contributed by atoms with Crippen LogP contribution in [-0.4, -0.2) is 54.3 Å². The molecule has 1 aromatic carbocycles. The van der Waals surface area contributed by atoms with Gasteiger partial charge in [-0.2, -0.15) is 0 Å². The van der Waals surface area contributed by atoms with Gasteiger partial charge in [-0.25, -0.2) is 17.9 Å². The first-order chi connectivity index (χ1) is 14.8. The minimum absolute atomic E-state index is 0.271. The molecule has 1 saturated heterocycles. The van der Waals surface area contributed by atoms with Crippen molar-refractivity contribution in [1.82, 2.24) is 14.6 Å². The lowest BCUT2D eigenvalue weighted by Gasteiger charge is -2.41.